The maximum Gasteiger partial charge on any atom is 0.410 e. The molecule has 47 heavy (non-hydrogen) atoms. The Labute approximate surface area is 282 Å². The molecule has 0 radical (unpaired) electrons. The zero-order valence-electron chi connectivity index (χ0n) is 29.3. The summed E-state index contributed by atoms with van der Waals surface area (Å²) in [7, 11) is 0. The highest BCUT2D eigenvalue weighted by Crippen LogP contribution is 2.71. The smallest absolute Gasteiger partial charge is 0.410 e. The summed E-state index contributed by atoms with van der Waals surface area (Å²) in [5, 5.41) is 9.06. The largest absolute Gasteiger partial charge is 0.446 e. The summed E-state index contributed by atoms with van der Waals surface area (Å²) in [6, 6.07) is 10.0. The van der Waals surface area contributed by atoms with Crippen molar-refractivity contribution in [1.29, 1.82) is 5.26 Å². The Morgan fingerprint density at radius 1 is 0.936 bits per heavy atom. The van der Waals surface area contributed by atoms with E-state index in [0.29, 0.717) is 59.3 Å². The Hall–Kier alpha value is -2.14. The van der Waals surface area contributed by atoms with Crippen LogP contribution in [0.15, 0.2) is 24.3 Å². The zero-order valence-corrected chi connectivity index (χ0v) is 29.3. The summed E-state index contributed by atoms with van der Waals surface area (Å²) in [4.78, 5) is 17.6. The lowest BCUT2D eigenvalue weighted by Gasteiger charge is -2.61. The van der Waals surface area contributed by atoms with E-state index < -0.39 is 0 Å². The summed E-state index contributed by atoms with van der Waals surface area (Å²) in [6.45, 7) is 14.8. The van der Waals surface area contributed by atoms with Gasteiger partial charge >= 0.3 is 6.09 Å². The van der Waals surface area contributed by atoms with Crippen LogP contribution in [0.1, 0.15) is 103 Å². The second-order valence-corrected chi connectivity index (χ2v) is 17.5. The van der Waals surface area contributed by atoms with Crippen LogP contribution in [0.25, 0.3) is 0 Å². The number of nitriles is 1. The molecule has 7 nitrogen and oxygen atoms in total. The number of rotatable bonds is 3. The Kier molecular flexibility index (Phi) is 8.21. The fraction of sp³-hybridized carbons (Fsp3) is 0.800. The molecule has 7 aliphatic rings. The molecule has 3 heterocycles. The predicted octanol–water partition coefficient (Wildman–Crippen LogP) is 7.63. The van der Waals surface area contributed by atoms with Gasteiger partial charge in [-0.15, -0.1) is 0 Å². The van der Waals surface area contributed by atoms with E-state index in [-0.39, 0.29) is 18.0 Å². The Morgan fingerprint density at radius 3 is 2.43 bits per heavy atom. The number of benzene rings is 1. The first kappa shape index (κ1) is 32.1. The van der Waals surface area contributed by atoms with Gasteiger partial charge in [-0.3, -0.25) is 4.90 Å². The summed E-state index contributed by atoms with van der Waals surface area (Å²) in [5.41, 5.74) is 2.62. The molecule has 0 aromatic heterocycles. The second kappa shape index (κ2) is 12.0. The van der Waals surface area contributed by atoms with Gasteiger partial charge in [0.1, 0.15) is 6.10 Å². The van der Waals surface area contributed by atoms with Crippen molar-refractivity contribution in [3.8, 4) is 6.07 Å². The van der Waals surface area contributed by atoms with Gasteiger partial charge in [-0.25, -0.2) is 4.79 Å². The van der Waals surface area contributed by atoms with E-state index in [2.05, 4.69) is 38.7 Å². The standard InChI is InChI=1S/C40H57N3O4/c1-26-11-16-40(45-25-26)27(2)36-35(47-40)22-34-32-10-9-30-21-31(12-14-38(30,3)33(32)13-15-39(34,36)4)46-37(44)43-19-17-42(18-20-43)24-29-7-5-28(23-41)6-8-29/h5-8,26-27,30-36H,9-22,24-25H2,1-4H3/t26-,27+,30-,31+,32-,33+,34+,35+,36+,38+,39+,40-/m1/s1. The van der Waals surface area contributed by atoms with Crippen LogP contribution < -0.4 is 0 Å². The molecular formula is C40H57N3O4. The van der Waals surface area contributed by atoms with Crippen LogP contribution in [0.5, 0.6) is 0 Å². The third kappa shape index (κ3) is 5.35. The van der Waals surface area contributed by atoms with Gasteiger partial charge in [0, 0.05) is 45.1 Å². The number of piperazine rings is 1. The lowest BCUT2D eigenvalue weighted by atomic mass is 9.44. The molecule has 256 valence electrons. The third-order valence-corrected chi connectivity index (χ3v) is 15.3. The fourth-order valence-electron chi connectivity index (χ4n) is 12.6. The van der Waals surface area contributed by atoms with Crippen LogP contribution in [0.3, 0.4) is 0 Å². The average Bonchev–Trinajstić information content (AvgIpc) is 3.52. The quantitative estimate of drug-likeness (QED) is 0.337. The molecule has 1 aromatic carbocycles. The molecule has 3 aliphatic heterocycles. The van der Waals surface area contributed by atoms with Crippen molar-refractivity contribution in [3.05, 3.63) is 35.4 Å². The molecule has 4 aliphatic carbocycles. The van der Waals surface area contributed by atoms with Crippen LogP contribution in [0.2, 0.25) is 0 Å². The van der Waals surface area contributed by atoms with Crippen molar-refractivity contribution in [3.63, 3.8) is 0 Å². The van der Waals surface area contributed by atoms with Crippen molar-refractivity contribution >= 4 is 6.09 Å². The minimum Gasteiger partial charge on any atom is -0.446 e. The van der Waals surface area contributed by atoms with Gasteiger partial charge < -0.3 is 19.1 Å². The van der Waals surface area contributed by atoms with Gasteiger partial charge in [0.25, 0.3) is 0 Å². The number of carbonyl (C=O) groups excluding carboxylic acids is 1. The van der Waals surface area contributed by atoms with E-state index in [4.69, 9.17) is 19.5 Å². The van der Waals surface area contributed by atoms with Gasteiger partial charge in [0.15, 0.2) is 5.79 Å². The average molecular weight is 644 g/mol. The molecule has 0 N–H and O–H groups in total. The maximum absolute atomic E-state index is 13.3. The molecule has 0 unspecified atom stereocenters. The number of carbonyl (C=O) groups is 1. The van der Waals surface area contributed by atoms with Crippen LogP contribution in [0.4, 0.5) is 4.79 Å². The first-order valence-electron chi connectivity index (χ1n) is 19.1. The van der Waals surface area contributed by atoms with Crippen LogP contribution in [-0.4, -0.2) is 66.7 Å². The van der Waals surface area contributed by atoms with Gasteiger partial charge in [0.2, 0.25) is 0 Å². The summed E-state index contributed by atoms with van der Waals surface area (Å²) < 4.78 is 19.8. The molecule has 3 saturated heterocycles. The first-order chi connectivity index (χ1) is 22.6. The molecule has 1 aromatic rings. The highest BCUT2D eigenvalue weighted by atomic mass is 16.7. The lowest BCUT2D eigenvalue weighted by Crippen LogP contribution is -2.55. The number of ether oxygens (including phenoxy) is 3. The lowest BCUT2D eigenvalue weighted by molar-refractivity contribution is -0.273. The Bertz CT molecular complexity index is 1360. The van der Waals surface area contributed by atoms with Gasteiger partial charge in [0.05, 0.1) is 24.3 Å². The SMILES string of the molecule is C[C@@H]1CC[C@@]2(OC1)O[C@H]1C[C@H]3[C@@H]4CC[C@@H]5C[C@@H](OC(=O)N6CCN(Cc7ccc(C#N)cc7)CC6)CC[C@]5(C)[C@H]4CC[C@]3(C)[C@H]1[C@@H]2C. The molecule has 1 amide bonds. The third-order valence-electron chi connectivity index (χ3n) is 15.3. The number of amides is 1. The molecule has 12 atom stereocenters. The molecule has 7 heteroatoms. The number of hydrogen-bond donors (Lipinski definition) is 0. The van der Waals surface area contributed by atoms with Gasteiger partial charge in [-0.2, -0.15) is 5.26 Å². The fourth-order valence-corrected chi connectivity index (χ4v) is 12.6. The van der Waals surface area contributed by atoms with Crippen LogP contribution >= 0.6 is 0 Å². The predicted molar refractivity (Wildman–Crippen MR) is 180 cm³/mol. The monoisotopic (exact) mass is 643 g/mol. The molecule has 8 rings (SSSR count). The van der Waals surface area contributed by atoms with Crippen molar-refractivity contribution in [2.24, 2.45) is 52.3 Å². The van der Waals surface area contributed by atoms with Crippen LogP contribution in [-0.2, 0) is 20.8 Å². The molecule has 0 bridgehead atoms. The summed E-state index contributed by atoms with van der Waals surface area (Å²) in [5.74, 6) is 4.44. The second-order valence-electron chi connectivity index (χ2n) is 17.5. The number of hydrogen-bond acceptors (Lipinski definition) is 6. The van der Waals surface area contributed by atoms with E-state index in [1.165, 1.54) is 50.5 Å². The number of fused-ring (bicyclic) bond motifs is 7. The van der Waals surface area contributed by atoms with E-state index in [1.807, 2.05) is 29.2 Å². The van der Waals surface area contributed by atoms with Crippen LogP contribution in [0, 0.1) is 63.6 Å². The van der Waals surface area contributed by atoms with Crippen molar-refractivity contribution in [2.75, 3.05) is 32.8 Å². The molecule has 4 saturated carbocycles. The van der Waals surface area contributed by atoms with Gasteiger partial charge in [-0.1, -0.05) is 39.8 Å². The summed E-state index contributed by atoms with van der Waals surface area (Å²) in [6.07, 6.45) is 12.4. The van der Waals surface area contributed by atoms with Gasteiger partial charge in [-0.05, 0) is 122 Å². The van der Waals surface area contributed by atoms with Crippen molar-refractivity contribution in [2.45, 2.75) is 116 Å². The Balaban J connectivity index is 0.853. The van der Waals surface area contributed by atoms with E-state index in [1.54, 1.807) is 0 Å². The normalized spacial score (nSPS) is 46.2. The number of nitrogens with zero attached hydrogens (tertiary/aromatic N) is 3. The minimum absolute atomic E-state index is 0.0529. The zero-order chi connectivity index (χ0) is 32.6. The van der Waals surface area contributed by atoms with E-state index in [9.17, 15) is 4.79 Å². The summed E-state index contributed by atoms with van der Waals surface area (Å²) >= 11 is 0. The minimum atomic E-state index is -0.328. The first-order valence-corrected chi connectivity index (χ1v) is 19.1. The van der Waals surface area contributed by atoms with E-state index >= 15 is 0 Å². The van der Waals surface area contributed by atoms with E-state index in [0.717, 1.165) is 63.3 Å². The molecular weight excluding hydrogens is 586 g/mol. The van der Waals surface area contributed by atoms with Crippen molar-refractivity contribution < 1.29 is 19.0 Å². The van der Waals surface area contributed by atoms with Crippen molar-refractivity contribution in [1.82, 2.24) is 9.80 Å². The maximum atomic E-state index is 13.3. The highest BCUT2D eigenvalue weighted by molar-refractivity contribution is 5.68. The molecule has 1 spiro atoms. The molecule has 7 fully saturated rings. The highest BCUT2D eigenvalue weighted by Gasteiger charge is 2.69. The Morgan fingerprint density at radius 2 is 1.70 bits per heavy atom. The topological polar surface area (TPSA) is 75.0 Å².